The molecule has 23 heavy (non-hydrogen) atoms. The maximum absolute atomic E-state index is 12.5. The highest BCUT2D eigenvalue weighted by molar-refractivity contribution is 9.10. The molecule has 0 bridgehead atoms. The first-order valence-electron chi connectivity index (χ1n) is 7.30. The summed E-state index contributed by atoms with van der Waals surface area (Å²) in [7, 11) is 0. The smallest absolute Gasteiger partial charge is 0.343 e. The molecule has 116 valence electrons. The Bertz CT molecular complexity index is 947. The number of halogens is 1. The van der Waals surface area contributed by atoms with Crippen LogP contribution in [0.2, 0.25) is 0 Å². The largest absolute Gasteiger partial charge is 0.464 e. The number of fused-ring (bicyclic) bond motifs is 3. The van der Waals surface area contributed by atoms with Gasteiger partial charge in [-0.25, -0.2) is 4.79 Å². The van der Waals surface area contributed by atoms with Crippen molar-refractivity contribution in [2.45, 2.75) is 18.6 Å². The van der Waals surface area contributed by atoms with Crippen LogP contribution >= 0.6 is 15.9 Å². The fourth-order valence-corrected chi connectivity index (χ4v) is 3.67. The van der Waals surface area contributed by atoms with Crippen molar-refractivity contribution < 1.29 is 14.3 Å². The van der Waals surface area contributed by atoms with Gasteiger partial charge in [-0.05, 0) is 23.8 Å². The van der Waals surface area contributed by atoms with Gasteiger partial charge in [0.2, 0.25) is 0 Å². The third-order valence-corrected chi connectivity index (χ3v) is 4.84. The molecule has 2 aromatic carbocycles. The number of aliphatic hydroxyl groups is 1. The average molecular weight is 373 g/mol. The lowest BCUT2D eigenvalue weighted by Crippen LogP contribution is -2.30. The van der Waals surface area contributed by atoms with Crippen LogP contribution in [0.4, 0.5) is 0 Å². The number of para-hydroxylation sites is 1. The number of benzene rings is 2. The maximum atomic E-state index is 12.5. The minimum absolute atomic E-state index is 0.287. The monoisotopic (exact) mass is 372 g/mol. The van der Waals surface area contributed by atoms with Crippen molar-refractivity contribution in [1.82, 2.24) is 0 Å². The maximum Gasteiger partial charge on any atom is 0.343 e. The number of hydrogen-bond donors (Lipinski definition) is 1. The van der Waals surface area contributed by atoms with Gasteiger partial charge < -0.3 is 14.3 Å². The highest BCUT2D eigenvalue weighted by atomic mass is 79.9. The van der Waals surface area contributed by atoms with E-state index >= 15 is 0 Å². The standard InChI is InChI=1S/C18H13BrO4/c19-13-7-3-1-5-10(13)12-9-15(20)23-17-11-6-2-4-8-14(11)22-18(21)16(12)17/h1-8,12,15,20H,9H2/t12-,15?/m0/s1. The van der Waals surface area contributed by atoms with Gasteiger partial charge in [0.25, 0.3) is 0 Å². The van der Waals surface area contributed by atoms with Crippen LogP contribution in [0.25, 0.3) is 11.0 Å². The van der Waals surface area contributed by atoms with Gasteiger partial charge in [0.05, 0.1) is 10.9 Å². The molecule has 0 saturated carbocycles. The van der Waals surface area contributed by atoms with E-state index in [4.69, 9.17) is 9.15 Å². The van der Waals surface area contributed by atoms with E-state index < -0.39 is 11.9 Å². The van der Waals surface area contributed by atoms with E-state index in [1.807, 2.05) is 36.4 Å². The van der Waals surface area contributed by atoms with Crippen LogP contribution in [-0.2, 0) is 0 Å². The van der Waals surface area contributed by atoms with Gasteiger partial charge in [-0.2, -0.15) is 0 Å². The normalized spacial score (nSPS) is 20.1. The minimum Gasteiger partial charge on any atom is -0.464 e. The van der Waals surface area contributed by atoms with Gasteiger partial charge >= 0.3 is 5.63 Å². The lowest BCUT2D eigenvalue weighted by atomic mass is 9.86. The predicted octanol–water partition coefficient (Wildman–Crippen LogP) is 3.79. The Morgan fingerprint density at radius 1 is 1.09 bits per heavy atom. The molecule has 1 unspecified atom stereocenters. The summed E-state index contributed by atoms with van der Waals surface area (Å²) in [5.41, 5.74) is 1.42. The number of hydrogen-bond acceptors (Lipinski definition) is 4. The predicted molar refractivity (Wildman–Crippen MR) is 89.7 cm³/mol. The van der Waals surface area contributed by atoms with Crippen molar-refractivity contribution >= 4 is 26.9 Å². The zero-order valence-electron chi connectivity index (χ0n) is 12.0. The van der Waals surface area contributed by atoms with Gasteiger partial charge in [0, 0.05) is 16.8 Å². The molecule has 0 amide bonds. The lowest BCUT2D eigenvalue weighted by Gasteiger charge is -2.29. The first-order chi connectivity index (χ1) is 11.1. The van der Waals surface area contributed by atoms with Crippen molar-refractivity contribution in [3.8, 4) is 5.75 Å². The summed E-state index contributed by atoms with van der Waals surface area (Å²) in [5.74, 6) is 0.126. The number of rotatable bonds is 1. The van der Waals surface area contributed by atoms with Crippen molar-refractivity contribution in [2.24, 2.45) is 0 Å². The van der Waals surface area contributed by atoms with Crippen LogP contribution in [0.1, 0.15) is 23.5 Å². The summed E-state index contributed by atoms with van der Waals surface area (Å²) in [6, 6.07) is 14.9. The van der Waals surface area contributed by atoms with Crippen LogP contribution in [0.5, 0.6) is 5.75 Å². The van der Waals surface area contributed by atoms with Crippen LogP contribution in [0.15, 0.2) is 62.2 Å². The summed E-state index contributed by atoms with van der Waals surface area (Å²) in [4.78, 5) is 12.5. The molecule has 1 aliphatic heterocycles. The van der Waals surface area contributed by atoms with Crippen LogP contribution in [-0.4, -0.2) is 11.4 Å². The second-order valence-electron chi connectivity index (χ2n) is 5.51. The second-order valence-corrected chi connectivity index (χ2v) is 6.37. The van der Waals surface area contributed by atoms with E-state index in [0.29, 0.717) is 28.7 Å². The second kappa shape index (κ2) is 5.51. The highest BCUT2D eigenvalue weighted by Crippen LogP contribution is 2.43. The van der Waals surface area contributed by atoms with Crippen molar-refractivity contribution in [1.29, 1.82) is 0 Å². The Hall–Kier alpha value is -2.11. The van der Waals surface area contributed by atoms with Crippen molar-refractivity contribution in [3.63, 3.8) is 0 Å². The fraction of sp³-hybridized carbons (Fsp3) is 0.167. The lowest BCUT2D eigenvalue weighted by molar-refractivity contribution is -0.0355. The van der Waals surface area contributed by atoms with Gasteiger partial charge in [0.15, 0.2) is 6.29 Å². The SMILES string of the molecule is O=c1oc2ccccc2c2c1[C@H](c1ccccc1Br)CC(O)O2. The highest BCUT2D eigenvalue weighted by Gasteiger charge is 2.34. The summed E-state index contributed by atoms with van der Waals surface area (Å²) in [6.07, 6.45) is -0.663. The molecule has 1 aliphatic rings. The molecule has 0 radical (unpaired) electrons. The Labute approximate surface area is 140 Å². The first-order valence-corrected chi connectivity index (χ1v) is 8.09. The molecule has 1 N–H and O–H groups in total. The molecule has 0 spiro atoms. The number of ether oxygens (including phenoxy) is 1. The average Bonchev–Trinajstić information content (AvgIpc) is 2.54. The molecule has 2 atom stereocenters. The quantitative estimate of drug-likeness (QED) is 0.660. The van der Waals surface area contributed by atoms with E-state index in [9.17, 15) is 9.90 Å². The fourth-order valence-electron chi connectivity index (χ4n) is 3.11. The van der Waals surface area contributed by atoms with Crippen LogP contribution in [0, 0.1) is 0 Å². The number of aliphatic hydroxyl groups excluding tert-OH is 1. The molecule has 0 fully saturated rings. The Kier molecular flexibility index (Phi) is 3.47. The molecule has 1 aromatic heterocycles. The van der Waals surface area contributed by atoms with E-state index in [1.165, 1.54) is 0 Å². The zero-order chi connectivity index (χ0) is 16.0. The minimum atomic E-state index is -0.968. The van der Waals surface area contributed by atoms with E-state index in [1.54, 1.807) is 12.1 Å². The first kappa shape index (κ1) is 14.5. The van der Waals surface area contributed by atoms with Gasteiger partial charge in [-0.3, -0.25) is 0 Å². The Balaban J connectivity index is 2.03. The Morgan fingerprint density at radius 2 is 1.83 bits per heavy atom. The molecule has 5 heteroatoms. The third-order valence-electron chi connectivity index (χ3n) is 4.12. The van der Waals surface area contributed by atoms with Gasteiger partial charge in [0.1, 0.15) is 11.3 Å². The summed E-state index contributed by atoms with van der Waals surface area (Å²) in [6.45, 7) is 0. The Morgan fingerprint density at radius 3 is 2.65 bits per heavy atom. The molecular weight excluding hydrogens is 360 g/mol. The van der Waals surface area contributed by atoms with E-state index in [0.717, 1.165) is 10.0 Å². The van der Waals surface area contributed by atoms with Crippen molar-refractivity contribution in [2.75, 3.05) is 0 Å². The molecule has 4 rings (SSSR count). The summed E-state index contributed by atoms with van der Waals surface area (Å²) in [5, 5.41) is 10.9. The van der Waals surface area contributed by atoms with Crippen LogP contribution in [0.3, 0.4) is 0 Å². The van der Waals surface area contributed by atoms with E-state index in [-0.39, 0.29) is 5.92 Å². The van der Waals surface area contributed by atoms with Gasteiger partial charge in [-0.1, -0.05) is 46.3 Å². The van der Waals surface area contributed by atoms with Gasteiger partial charge in [-0.15, -0.1) is 0 Å². The molecule has 0 saturated heterocycles. The molecule has 3 aromatic rings. The third kappa shape index (κ3) is 2.36. The van der Waals surface area contributed by atoms with E-state index in [2.05, 4.69) is 15.9 Å². The molecular formula is C18H13BrO4. The van der Waals surface area contributed by atoms with Crippen molar-refractivity contribution in [3.05, 3.63) is 74.6 Å². The molecule has 2 heterocycles. The molecule has 0 aliphatic carbocycles. The van der Waals surface area contributed by atoms with Crippen LogP contribution < -0.4 is 10.4 Å². The topological polar surface area (TPSA) is 59.7 Å². The summed E-state index contributed by atoms with van der Waals surface area (Å²) >= 11 is 3.52. The molecule has 4 nitrogen and oxygen atoms in total. The summed E-state index contributed by atoms with van der Waals surface area (Å²) < 4.78 is 11.9. The zero-order valence-corrected chi connectivity index (χ0v) is 13.6.